The van der Waals surface area contributed by atoms with Gasteiger partial charge in [-0.15, -0.1) is 11.8 Å². The summed E-state index contributed by atoms with van der Waals surface area (Å²) < 4.78 is 75.1. The second kappa shape index (κ2) is 4.87. The molecule has 0 heterocycles. The zero-order valence-electron chi connectivity index (χ0n) is 8.21. The van der Waals surface area contributed by atoms with Gasteiger partial charge in [0.1, 0.15) is 0 Å². The third-order valence-corrected chi connectivity index (χ3v) is 3.94. The second-order valence-corrected chi connectivity index (χ2v) is 5.04. The highest BCUT2D eigenvalue weighted by atomic mass is 127. The molecule has 0 aliphatic heterocycles. The number of hydrogen-bond acceptors (Lipinski definition) is 1. The van der Waals surface area contributed by atoms with Gasteiger partial charge in [-0.05, 0) is 41.0 Å². The third kappa shape index (κ3) is 3.43. The van der Waals surface area contributed by atoms with Gasteiger partial charge in [0.2, 0.25) is 0 Å². The summed E-state index contributed by atoms with van der Waals surface area (Å²) in [5, 5.41) is 0. The van der Waals surface area contributed by atoms with Crippen LogP contribution in [0.25, 0.3) is 0 Å². The lowest BCUT2D eigenvalue weighted by Crippen LogP contribution is -2.17. The van der Waals surface area contributed by atoms with Crippen molar-refractivity contribution in [3.8, 4) is 0 Å². The lowest BCUT2D eigenvalue weighted by atomic mass is 10.1. The van der Waals surface area contributed by atoms with Gasteiger partial charge >= 0.3 is 12.4 Å². The van der Waals surface area contributed by atoms with Crippen molar-refractivity contribution in [1.29, 1.82) is 0 Å². The summed E-state index contributed by atoms with van der Waals surface area (Å²) in [7, 11) is 0. The molecule has 0 saturated heterocycles. The van der Waals surface area contributed by atoms with E-state index in [1.165, 1.54) is 6.26 Å². The molecule has 0 amide bonds. The maximum Gasteiger partial charge on any atom is 0.417 e. The molecule has 96 valence electrons. The molecular formula is C9H5F6IS. The van der Waals surface area contributed by atoms with Crippen LogP contribution in [0.15, 0.2) is 17.0 Å². The Morgan fingerprint density at radius 3 is 1.71 bits per heavy atom. The first-order valence-electron chi connectivity index (χ1n) is 4.09. The monoisotopic (exact) mass is 386 g/mol. The van der Waals surface area contributed by atoms with Crippen LogP contribution >= 0.6 is 34.4 Å². The van der Waals surface area contributed by atoms with Gasteiger partial charge in [0.15, 0.2) is 0 Å². The van der Waals surface area contributed by atoms with Crippen LogP contribution in [0.2, 0.25) is 0 Å². The Labute approximate surface area is 111 Å². The standard InChI is InChI=1S/C9H5F6IS/c1-17-7-3-5(9(13,14)15)4(2-6(7)16)8(10,11)12/h2-3H,1H3. The van der Waals surface area contributed by atoms with Crippen LogP contribution < -0.4 is 0 Å². The largest absolute Gasteiger partial charge is 0.417 e. The molecule has 0 aromatic heterocycles. The molecule has 0 radical (unpaired) electrons. The van der Waals surface area contributed by atoms with Crippen LogP contribution in [0, 0.1) is 3.57 Å². The van der Waals surface area contributed by atoms with E-state index >= 15 is 0 Å². The van der Waals surface area contributed by atoms with Gasteiger partial charge in [-0.2, -0.15) is 26.3 Å². The second-order valence-electron chi connectivity index (χ2n) is 3.03. The maximum atomic E-state index is 12.5. The van der Waals surface area contributed by atoms with Gasteiger partial charge < -0.3 is 0 Å². The van der Waals surface area contributed by atoms with E-state index in [2.05, 4.69) is 0 Å². The summed E-state index contributed by atoms with van der Waals surface area (Å²) in [6.07, 6.45) is -8.52. The summed E-state index contributed by atoms with van der Waals surface area (Å²) in [6, 6.07) is 1.06. The van der Waals surface area contributed by atoms with Gasteiger partial charge in [-0.1, -0.05) is 0 Å². The number of halogens is 7. The molecule has 0 N–H and O–H groups in total. The molecule has 0 atom stereocenters. The van der Waals surface area contributed by atoms with Crippen LogP contribution in [-0.4, -0.2) is 6.26 Å². The predicted molar refractivity (Wildman–Crippen MR) is 60.9 cm³/mol. The molecule has 1 aromatic carbocycles. The van der Waals surface area contributed by atoms with E-state index in [0.717, 1.165) is 11.8 Å². The molecular weight excluding hydrogens is 381 g/mol. The first-order chi connectivity index (χ1) is 7.57. The van der Waals surface area contributed by atoms with E-state index in [9.17, 15) is 26.3 Å². The molecule has 0 spiro atoms. The lowest BCUT2D eigenvalue weighted by molar-refractivity contribution is -0.162. The summed E-state index contributed by atoms with van der Waals surface area (Å²) >= 11 is 2.55. The van der Waals surface area contributed by atoms with Crippen LogP contribution in [0.3, 0.4) is 0 Å². The molecule has 0 fully saturated rings. The van der Waals surface area contributed by atoms with Crippen LogP contribution in [0.5, 0.6) is 0 Å². The minimum Gasteiger partial charge on any atom is -0.166 e. The topological polar surface area (TPSA) is 0 Å². The summed E-state index contributed by atoms with van der Waals surface area (Å²) in [5.74, 6) is 0. The van der Waals surface area contributed by atoms with Crippen LogP contribution in [0.1, 0.15) is 11.1 Å². The van der Waals surface area contributed by atoms with Crippen molar-refractivity contribution in [3.63, 3.8) is 0 Å². The van der Waals surface area contributed by atoms with Crippen LogP contribution in [-0.2, 0) is 12.4 Å². The Morgan fingerprint density at radius 2 is 1.35 bits per heavy atom. The van der Waals surface area contributed by atoms with Crippen molar-refractivity contribution < 1.29 is 26.3 Å². The summed E-state index contributed by atoms with van der Waals surface area (Å²) in [4.78, 5) is 0.172. The number of benzene rings is 1. The van der Waals surface area contributed by atoms with E-state index in [-0.39, 0.29) is 8.47 Å². The fourth-order valence-electron chi connectivity index (χ4n) is 1.18. The molecule has 1 aromatic rings. The number of rotatable bonds is 1. The SMILES string of the molecule is CSc1cc(C(F)(F)F)c(C(F)(F)F)cc1I. The fourth-order valence-corrected chi connectivity index (χ4v) is 2.80. The molecule has 0 bridgehead atoms. The highest BCUT2D eigenvalue weighted by molar-refractivity contribution is 14.1. The fraction of sp³-hybridized carbons (Fsp3) is 0.333. The smallest absolute Gasteiger partial charge is 0.166 e. The Bertz CT molecular complexity index is 423. The van der Waals surface area contributed by atoms with Crippen molar-refractivity contribution in [3.05, 3.63) is 26.8 Å². The Balaban J connectivity index is 3.54. The molecule has 0 nitrogen and oxygen atoms in total. The van der Waals surface area contributed by atoms with Gasteiger partial charge in [0, 0.05) is 8.47 Å². The highest BCUT2D eigenvalue weighted by Gasteiger charge is 2.43. The molecule has 17 heavy (non-hydrogen) atoms. The Hall–Kier alpha value is -0.120. The van der Waals surface area contributed by atoms with Gasteiger partial charge in [0.25, 0.3) is 0 Å². The van der Waals surface area contributed by atoms with Crippen molar-refractivity contribution in [2.75, 3.05) is 6.26 Å². The molecule has 1 rings (SSSR count). The van der Waals surface area contributed by atoms with Crippen molar-refractivity contribution in [1.82, 2.24) is 0 Å². The average Bonchev–Trinajstić information content (AvgIpc) is 2.14. The summed E-state index contributed by atoms with van der Waals surface area (Å²) in [6.45, 7) is 0. The van der Waals surface area contributed by atoms with Gasteiger partial charge in [-0.3, -0.25) is 0 Å². The molecule has 0 aliphatic rings. The number of alkyl halides is 6. The van der Waals surface area contributed by atoms with Gasteiger partial charge in [-0.25, -0.2) is 0 Å². The minimum absolute atomic E-state index is 0.149. The number of hydrogen-bond donors (Lipinski definition) is 0. The third-order valence-electron chi connectivity index (χ3n) is 1.90. The molecule has 8 heteroatoms. The van der Waals surface area contributed by atoms with Crippen LogP contribution in [0.4, 0.5) is 26.3 Å². The normalized spacial score (nSPS) is 12.9. The van der Waals surface area contributed by atoms with E-state index < -0.39 is 23.5 Å². The maximum absolute atomic E-state index is 12.5. The first kappa shape index (κ1) is 14.9. The lowest BCUT2D eigenvalue weighted by Gasteiger charge is -2.17. The average molecular weight is 386 g/mol. The van der Waals surface area contributed by atoms with Crippen molar-refractivity contribution >= 4 is 34.4 Å². The predicted octanol–water partition coefficient (Wildman–Crippen LogP) is 5.05. The van der Waals surface area contributed by atoms with E-state index in [0.29, 0.717) is 12.1 Å². The molecule has 0 unspecified atom stereocenters. The van der Waals surface area contributed by atoms with Gasteiger partial charge in [0.05, 0.1) is 11.1 Å². The minimum atomic E-state index is -5.01. The quantitative estimate of drug-likeness (QED) is 0.370. The molecule has 0 aliphatic carbocycles. The van der Waals surface area contributed by atoms with E-state index in [1.807, 2.05) is 0 Å². The van der Waals surface area contributed by atoms with E-state index in [4.69, 9.17) is 0 Å². The zero-order chi connectivity index (χ0) is 13.4. The van der Waals surface area contributed by atoms with Crippen molar-refractivity contribution in [2.45, 2.75) is 17.2 Å². The zero-order valence-corrected chi connectivity index (χ0v) is 11.2. The molecule has 0 saturated carbocycles. The van der Waals surface area contributed by atoms with Crippen molar-refractivity contribution in [2.24, 2.45) is 0 Å². The Kier molecular flexibility index (Phi) is 4.28. The highest BCUT2D eigenvalue weighted by Crippen LogP contribution is 2.43. The number of thioether (sulfide) groups is 1. The summed E-state index contributed by atoms with van der Waals surface area (Å²) in [5.41, 5.74) is -3.29. The Morgan fingerprint density at radius 1 is 0.941 bits per heavy atom. The van der Waals surface area contributed by atoms with E-state index in [1.54, 1.807) is 22.6 Å². The first-order valence-corrected chi connectivity index (χ1v) is 6.39.